The van der Waals surface area contributed by atoms with Gasteiger partial charge in [0.2, 0.25) is 0 Å². The van der Waals surface area contributed by atoms with Crippen LogP contribution in [0.4, 0.5) is 0 Å². The molecule has 0 saturated carbocycles. The third-order valence-corrected chi connectivity index (χ3v) is 5.20. The smallest absolute Gasteiger partial charge is 0.299 e. The molecule has 3 aliphatic rings. The van der Waals surface area contributed by atoms with Crippen molar-refractivity contribution in [3.63, 3.8) is 0 Å². The fraction of sp³-hybridized carbons (Fsp3) is 0.438. The molecular formula is C16H18N4O2S. The minimum Gasteiger partial charge on any atom is -0.430 e. The molecule has 2 bridgehead atoms. The third kappa shape index (κ3) is 3.20. The van der Waals surface area contributed by atoms with Crippen LogP contribution in [0, 0.1) is 5.92 Å². The third-order valence-electron chi connectivity index (χ3n) is 4.63. The minimum absolute atomic E-state index is 0.00813. The lowest BCUT2D eigenvalue weighted by atomic mass is 9.84. The number of carbonyl (C=O) groups excluding carboxylic acids is 1. The Morgan fingerprint density at radius 1 is 1.26 bits per heavy atom. The van der Waals surface area contributed by atoms with Crippen LogP contribution in [0.5, 0.6) is 10.9 Å². The van der Waals surface area contributed by atoms with E-state index in [-0.39, 0.29) is 11.9 Å². The topological polar surface area (TPSA) is 67.4 Å². The number of hydrogen-bond donors (Lipinski definition) is 1. The van der Waals surface area contributed by atoms with Crippen LogP contribution in [0.15, 0.2) is 29.8 Å². The number of benzene rings is 1. The first-order valence-corrected chi connectivity index (χ1v) is 8.73. The van der Waals surface area contributed by atoms with E-state index in [9.17, 15) is 4.79 Å². The highest BCUT2D eigenvalue weighted by atomic mass is 32.1. The van der Waals surface area contributed by atoms with Crippen LogP contribution in [0.2, 0.25) is 0 Å². The Balaban J connectivity index is 1.38. The molecule has 2 aromatic rings. The number of amides is 1. The van der Waals surface area contributed by atoms with Gasteiger partial charge in [0.25, 0.3) is 11.1 Å². The number of rotatable bonds is 4. The summed E-state index contributed by atoms with van der Waals surface area (Å²) in [5.74, 6) is 1.27. The first-order valence-electron chi connectivity index (χ1n) is 7.85. The Kier molecular flexibility index (Phi) is 3.97. The Morgan fingerprint density at radius 2 is 2.04 bits per heavy atom. The number of piperidine rings is 3. The first-order chi connectivity index (χ1) is 11.3. The summed E-state index contributed by atoms with van der Waals surface area (Å²) < 4.78 is 5.55. The van der Waals surface area contributed by atoms with Gasteiger partial charge < -0.3 is 15.0 Å². The summed E-state index contributed by atoms with van der Waals surface area (Å²) in [7, 11) is 0. The number of hydrogen-bond acceptors (Lipinski definition) is 6. The second-order valence-electron chi connectivity index (χ2n) is 6.05. The summed E-state index contributed by atoms with van der Waals surface area (Å²) in [6, 6.07) is 7.42. The molecule has 0 spiro atoms. The molecule has 0 unspecified atom stereocenters. The van der Waals surface area contributed by atoms with Crippen LogP contribution >= 0.6 is 11.3 Å². The van der Waals surface area contributed by atoms with Gasteiger partial charge in [-0.15, -0.1) is 5.10 Å². The van der Waals surface area contributed by atoms with Crippen LogP contribution in [-0.4, -0.2) is 46.7 Å². The largest absolute Gasteiger partial charge is 0.430 e. The summed E-state index contributed by atoms with van der Waals surface area (Å²) in [4.78, 5) is 14.9. The second-order valence-corrected chi connectivity index (χ2v) is 6.84. The maximum absolute atomic E-state index is 12.4. The molecule has 3 fully saturated rings. The Labute approximate surface area is 138 Å². The molecule has 0 aliphatic carbocycles. The molecule has 6 nitrogen and oxygen atoms in total. The van der Waals surface area contributed by atoms with Crippen LogP contribution in [0.1, 0.15) is 23.2 Å². The maximum Gasteiger partial charge on any atom is 0.299 e. The zero-order valence-corrected chi connectivity index (χ0v) is 13.5. The van der Waals surface area contributed by atoms with Crippen molar-refractivity contribution in [2.45, 2.75) is 18.9 Å². The van der Waals surface area contributed by atoms with Gasteiger partial charge in [0.1, 0.15) is 11.3 Å². The summed E-state index contributed by atoms with van der Waals surface area (Å²) in [5.41, 5.74) is 2.27. The highest BCUT2D eigenvalue weighted by molar-refractivity contribution is 7.11. The molecule has 1 amide bonds. The van der Waals surface area contributed by atoms with E-state index in [4.69, 9.17) is 4.74 Å². The van der Waals surface area contributed by atoms with Crippen LogP contribution in [0.3, 0.4) is 0 Å². The van der Waals surface area contributed by atoms with Gasteiger partial charge in [-0.1, -0.05) is 16.4 Å². The van der Waals surface area contributed by atoms with Crippen molar-refractivity contribution < 1.29 is 9.53 Å². The van der Waals surface area contributed by atoms with Crippen molar-refractivity contribution in [3.05, 3.63) is 35.3 Å². The summed E-state index contributed by atoms with van der Waals surface area (Å²) in [6.07, 6.45) is 2.39. The van der Waals surface area contributed by atoms with Crippen molar-refractivity contribution >= 4 is 17.2 Å². The molecule has 7 heteroatoms. The highest BCUT2D eigenvalue weighted by Gasteiger charge is 2.34. The van der Waals surface area contributed by atoms with E-state index in [1.165, 1.54) is 37.3 Å². The fourth-order valence-electron chi connectivity index (χ4n) is 3.36. The predicted molar refractivity (Wildman–Crippen MR) is 86.8 cm³/mol. The van der Waals surface area contributed by atoms with Crippen molar-refractivity contribution in [2.75, 3.05) is 19.6 Å². The molecular weight excluding hydrogens is 312 g/mol. The standard InChI is InChI=1S/C16H18N4O2S/c21-15(18-14-9-20-7-5-11(14)6-8-20)12-1-3-13(4-2-12)22-16-19-17-10-23-16/h1-4,10-11,14H,5-9H2,(H,18,21)/t14-/m0/s1. The molecule has 120 valence electrons. The van der Waals surface area contributed by atoms with E-state index < -0.39 is 0 Å². The number of aromatic nitrogens is 2. The van der Waals surface area contributed by atoms with E-state index in [1.54, 1.807) is 29.8 Å². The molecule has 5 rings (SSSR count). The average Bonchev–Trinajstić information content (AvgIpc) is 3.09. The quantitative estimate of drug-likeness (QED) is 0.930. The molecule has 0 radical (unpaired) electrons. The van der Waals surface area contributed by atoms with Gasteiger partial charge in [0.05, 0.1) is 0 Å². The molecule has 1 aromatic heterocycles. The van der Waals surface area contributed by atoms with Gasteiger partial charge in [-0.25, -0.2) is 0 Å². The molecule has 3 saturated heterocycles. The highest BCUT2D eigenvalue weighted by Crippen LogP contribution is 2.28. The van der Waals surface area contributed by atoms with E-state index in [0.29, 0.717) is 22.4 Å². The van der Waals surface area contributed by atoms with Gasteiger partial charge in [0.15, 0.2) is 0 Å². The van der Waals surface area contributed by atoms with Crippen LogP contribution in [-0.2, 0) is 0 Å². The lowest BCUT2D eigenvalue weighted by Crippen LogP contribution is -2.57. The summed E-state index contributed by atoms with van der Waals surface area (Å²) >= 11 is 1.33. The van der Waals surface area contributed by atoms with Gasteiger partial charge >= 0.3 is 0 Å². The number of carbonyl (C=O) groups is 1. The molecule has 1 N–H and O–H groups in total. The lowest BCUT2D eigenvalue weighted by molar-refractivity contribution is 0.0620. The average molecular weight is 330 g/mol. The van der Waals surface area contributed by atoms with E-state index in [1.807, 2.05) is 0 Å². The van der Waals surface area contributed by atoms with Crippen LogP contribution in [0.25, 0.3) is 0 Å². The van der Waals surface area contributed by atoms with E-state index >= 15 is 0 Å². The van der Waals surface area contributed by atoms with E-state index in [0.717, 1.165) is 6.54 Å². The maximum atomic E-state index is 12.4. The van der Waals surface area contributed by atoms with Crippen molar-refractivity contribution in [1.29, 1.82) is 0 Å². The number of ether oxygens (including phenoxy) is 1. The van der Waals surface area contributed by atoms with E-state index in [2.05, 4.69) is 20.4 Å². The zero-order chi connectivity index (χ0) is 15.6. The number of fused-ring (bicyclic) bond motifs is 3. The van der Waals surface area contributed by atoms with Crippen molar-refractivity contribution in [2.24, 2.45) is 5.92 Å². The number of nitrogens with one attached hydrogen (secondary N) is 1. The molecule has 23 heavy (non-hydrogen) atoms. The molecule has 3 aliphatic heterocycles. The van der Waals surface area contributed by atoms with Crippen molar-refractivity contribution in [3.8, 4) is 10.9 Å². The normalized spacial score (nSPS) is 26.0. The Bertz CT molecular complexity index is 666. The SMILES string of the molecule is O=C(N[C@H]1CN2CCC1CC2)c1ccc(Oc2nncs2)cc1. The van der Waals surface area contributed by atoms with Gasteiger partial charge in [-0.05, 0) is 56.1 Å². The van der Waals surface area contributed by atoms with Crippen LogP contribution < -0.4 is 10.1 Å². The first kappa shape index (κ1) is 14.6. The fourth-order valence-corrected chi connectivity index (χ4v) is 3.79. The van der Waals surface area contributed by atoms with Gasteiger partial charge in [-0.2, -0.15) is 0 Å². The minimum atomic E-state index is -0.00813. The van der Waals surface area contributed by atoms with Crippen molar-refractivity contribution in [1.82, 2.24) is 20.4 Å². The number of nitrogens with zero attached hydrogens (tertiary/aromatic N) is 3. The second kappa shape index (κ2) is 6.25. The van der Waals surface area contributed by atoms with Gasteiger partial charge in [0, 0.05) is 18.2 Å². The predicted octanol–water partition coefficient (Wildman–Crippen LogP) is 2.15. The molecule has 1 aromatic carbocycles. The van der Waals surface area contributed by atoms with Gasteiger partial charge in [-0.3, -0.25) is 4.79 Å². The Morgan fingerprint density at radius 3 is 2.65 bits per heavy atom. The molecule has 4 heterocycles. The summed E-state index contributed by atoms with van der Waals surface area (Å²) in [6.45, 7) is 3.33. The zero-order valence-electron chi connectivity index (χ0n) is 12.6. The lowest BCUT2D eigenvalue weighted by Gasteiger charge is -2.44. The molecule has 1 atom stereocenters. The Hall–Kier alpha value is -1.99. The summed E-state index contributed by atoms with van der Waals surface area (Å²) in [5, 5.41) is 11.2. The monoisotopic (exact) mass is 330 g/mol.